The van der Waals surface area contributed by atoms with Crippen LogP contribution in [0.25, 0.3) is 0 Å². The Morgan fingerprint density at radius 1 is 1.54 bits per heavy atom. The number of aryl methyl sites for hydroxylation is 1. The van der Waals surface area contributed by atoms with E-state index >= 15 is 0 Å². The molecule has 0 aliphatic heterocycles. The predicted molar refractivity (Wildman–Crippen MR) is 51.0 cm³/mol. The molecule has 0 aromatic heterocycles. The Kier molecular flexibility index (Phi) is 2.90. The van der Waals surface area contributed by atoms with Crippen molar-refractivity contribution in [2.45, 2.75) is 13.8 Å². The second kappa shape index (κ2) is 3.77. The molecule has 13 heavy (non-hydrogen) atoms. The minimum Gasteiger partial charge on any atom is -0.411 e. The molecule has 70 valence electrons. The summed E-state index contributed by atoms with van der Waals surface area (Å²) in [5, 5.41) is 0.533. The number of hydrogen-bond acceptors (Lipinski definition) is 3. The van der Waals surface area contributed by atoms with Crippen LogP contribution in [0.1, 0.15) is 22.8 Å². The summed E-state index contributed by atoms with van der Waals surface area (Å²) in [5.74, 6) is 5.25. The molecule has 0 radical (unpaired) electrons. The third kappa shape index (κ3) is 1.99. The Labute approximate surface area is 81.4 Å². The zero-order valence-corrected chi connectivity index (χ0v) is 8.18. The third-order valence-electron chi connectivity index (χ3n) is 1.77. The normalized spacial score (nSPS) is 9.85. The second-order valence-electron chi connectivity index (χ2n) is 2.77. The van der Waals surface area contributed by atoms with Crippen LogP contribution in [-0.4, -0.2) is 5.78 Å². The van der Waals surface area contributed by atoms with E-state index in [9.17, 15) is 4.79 Å². The summed E-state index contributed by atoms with van der Waals surface area (Å²) in [6, 6.07) is 3.19. The van der Waals surface area contributed by atoms with E-state index in [1.807, 2.05) is 6.92 Å². The fraction of sp³-hybridized carbons (Fsp3) is 0.222. The van der Waals surface area contributed by atoms with Gasteiger partial charge in [-0.15, -0.1) is 0 Å². The van der Waals surface area contributed by atoms with Crippen LogP contribution < -0.4 is 10.7 Å². The average molecular weight is 200 g/mol. The van der Waals surface area contributed by atoms with Gasteiger partial charge in [0.15, 0.2) is 11.5 Å². The molecule has 1 aromatic carbocycles. The molecule has 1 aromatic rings. The first kappa shape index (κ1) is 10.0. The van der Waals surface area contributed by atoms with Crippen molar-refractivity contribution >= 4 is 17.4 Å². The lowest BCUT2D eigenvalue weighted by Gasteiger charge is -2.06. The number of carbonyl (C=O) groups is 1. The van der Waals surface area contributed by atoms with Crippen LogP contribution in [0.15, 0.2) is 12.1 Å². The van der Waals surface area contributed by atoms with Gasteiger partial charge in [0.05, 0.1) is 5.56 Å². The van der Waals surface area contributed by atoms with Gasteiger partial charge in [0.2, 0.25) is 0 Å². The van der Waals surface area contributed by atoms with E-state index in [1.165, 1.54) is 6.92 Å². The largest absolute Gasteiger partial charge is 0.411 e. The van der Waals surface area contributed by atoms with E-state index in [2.05, 4.69) is 4.84 Å². The molecule has 0 aliphatic carbocycles. The predicted octanol–water partition coefficient (Wildman–Crippen LogP) is 2.10. The lowest BCUT2D eigenvalue weighted by atomic mass is 10.1. The summed E-state index contributed by atoms with van der Waals surface area (Å²) in [6.45, 7) is 3.25. The van der Waals surface area contributed by atoms with Crippen LogP contribution >= 0.6 is 11.6 Å². The van der Waals surface area contributed by atoms with E-state index in [4.69, 9.17) is 17.5 Å². The van der Waals surface area contributed by atoms with Gasteiger partial charge in [0.25, 0.3) is 0 Å². The number of Topliss-reactive ketones (excluding diaryl/α,β-unsaturated/α-hetero) is 1. The molecule has 4 heteroatoms. The molecule has 0 fully saturated rings. The molecule has 0 atom stereocenters. The van der Waals surface area contributed by atoms with Crippen LogP contribution in [0.2, 0.25) is 5.02 Å². The van der Waals surface area contributed by atoms with Crippen LogP contribution in [0.3, 0.4) is 0 Å². The van der Waals surface area contributed by atoms with Gasteiger partial charge in [-0.3, -0.25) is 4.79 Å². The van der Waals surface area contributed by atoms with Gasteiger partial charge in [-0.05, 0) is 31.5 Å². The highest BCUT2D eigenvalue weighted by atomic mass is 35.5. The number of ketones is 1. The van der Waals surface area contributed by atoms with Crippen LogP contribution in [0, 0.1) is 6.92 Å². The Balaban J connectivity index is 3.33. The van der Waals surface area contributed by atoms with E-state index in [0.717, 1.165) is 5.56 Å². The van der Waals surface area contributed by atoms with Gasteiger partial charge < -0.3 is 4.84 Å². The number of carbonyl (C=O) groups excluding carboxylic acids is 1. The summed E-state index contributed by atoms with van der Waals surface area (Å²) in [7, 11) is 0. The van der Waals surface area contributed by atoms with Gasteiger partial charge in [0.1, 0.15) is 0 Å². The van der Waals surface area contributed by atoms with Crippen LogP contribution in [0.4, 0.5) is 0 Å². The van der Waals surface area contributed by atoms with Crippen molar-refractivity contribution in [1.29, 1.82) is 0 Å². The number of nitrogens with two attached hydrogens (primary N) is 1. The molecule has 2 N–H and O–H groups in total. The highest BCUT2D eigenvalue weighted by Gasteiger charge is 2.10. The van der Waals surface area contributed by atoms with Gasteiger partial charge in [0, 0.05) is 5.02 Å². The Morgan fingerprint density at radius 2 is 2.15 bits per heavy atom. The maximum absolute atomic E-state index is 11.1. The lowest BCUT2D eigenvalue weighted by molar-refractivity contribution is 0.101. The van der Waals surface area contributed by atoms with Crippen molar-refractivity contribution in [2.75, 3.05) is 0 Å². The number of rotatable bonds is 2. The molecule has 0 saturated heterocycles. The average Bonchev–Trinajstić information content (AvgIpc) is 2.08. The number of hydrogen-bond donors (Lipinski definition) is 1. The maximum Gasteiger partial charge on any atom is 0.163 e. The van der Waals surface area contributed by atoms with Gasteiger partial charge >= 0.3 is 0 Å². The first-order chi connectivity index (χ1) is 6.06. The lowest BCUT2D eigenvalue weighted by Crippen LogP contribution is -2.07. The SMILES string of the molecule is CC(=O)c1cc(Cl)c(C)cc1ON. The fourth-order valence-corrected chi connectivity index (χ4v) is 1.19. The standard InChI is InChI=1S/C9H10ClNO2/c1-5-3-9(13-11)7(6(2)12)4-8(5)10/h3-4H,11H2,1-2H3. The molecule has 0 bridgehead atoms. The molecule has 0 saturated carbocycles. The molecular formula is C9H10ClNO2. The summed E-state index contributed by atoms with van der Waals surface area (Å²) in [4.78, 5) is 15.7. The quantitative estimate of drug-likeness (QED) is 0.586. The van der Waals surface area contributed by atoms with Crippen molar-refractivity contribution < 1.29 is 9.63 Å². The van der Waals surface area contributed by atoms with Crippen molar-refractivity contribution in [2.24, 2.45) is 5.90 Å². The van der Waals surface area contributed by atoms with Gasteiger partial charge in [-0.2, -0.15) is 5.90 Å². The summed E-state index contributed by atoms with van der Waals surface area (Å²) in [6.07, 6.45) is 0. The molecule has 0 amide bonds. The molecule has 1 rings (SSSR count). The Hall–Kier alpha value is -1.06. The molecule has 0 spiro atoms. The number of benzene rings is 1. The maximum atomic E-state index is 11.1. The van der Waals surface area contributed by atoms with Crippen molar-refractivity contribution in [3.8, 4) is 5.75 Å². The zero-order valence-electron chi connectivity index (χ0n) is 7.43. The summed E-state index contributed by atoms with van der Waals surface area (Å²) in [5.41, 5.74) is 1.23. The van der Waals surface area contributed by atoms with E-state index in [1.54, 1.807) is 12.1 Å². The zero-order chi connectivity index (χ0) is 10.0. The van der Waals surface area contributed by atoms with Crippen LogP contribution in [0.5, 0.6) is 5.75 Å². The molecule has 0 heterocycles. The Morgan fingerprint density at radius 3 is 2.62 bits per heavy atom. The molecule has 3 nitrogen and oxygen atoms in total. The van der Waals surface area contributed by atoms with Crippen molar-refractivity contribution in [3.05, 3.63) is 28.3 Å². The third-order valence-corrected chi connectivity index (χ3v) is 2.17. The van der Waals surface area contributed by atoms with Gasteiger partial charge in [-0.1, -0.05) is 11.6 Å². The highest BCUT2D eigenvalue weighted by Crippen LogP contribution is 2.26. The fourth-order valence-electron chi connectivity index (χ4n) is 1.03. The Bertz CT molecular complexity index is 350. The van der Waals surface area contributed by atoms with Gasteiger partial charge in [-0.25, -0.2) is 0 Å². The van der Waals surface area contributed by atoms with E-state index < -0.39 is 0 Å². The first-order valence-electron chi connectivity index (χ1n) is 3.74. The first-order valence-corrected chi connectivity index (χ1v) is 4.12. The van der Waals surface area contributed by atoms with E-state index in [0.29, 0.717) is 16.3 Å². The van der Waals surface area contributed by atoms with Crippen LogP contribution in [-0.2, 0) is 0 Å². The summed E-state index contributed by atoms with van der Waals surface area (Å²) >= 11 is 5.84. The monoisotopic (exact) mass is 199 g/mol. The molecular weight excluding hydrogens is 190 g/mol. The second-order valence-corrected chi connectivity index (χ2v) is 3.18. The minimum atomic E-state index is -0.123. The van der Waals surface area contributed by atoms with Crippen molar-refractivity contribution in [1.82, 2.24) is 0 Å². The minimum absolute atomic E-state index is 0.123. The molecule has 0 unspecified atom stereocenters. The number of halogens is 1. The molecule has 0 aliphatic rings. The van der Waals surface area contributed by atoms with Crippen molar-refractivity contribution in [3.63, 3.8) is 0 Å². The van der Waals surface area contributed by atoms with E-state index in [-0.39, 0.29) is 5.78 Å². The smallest absolute Gasteiger partial charge is 0.163 e. The topological polar surface area (TPSA) is 52.3 Å². The summed E-state index contributed by atoms with van der Waals surface area (Å²) < 4.78 is 0. The highest BCUT2D eigenvalue weighted by molar-refractivity contribution is 6.31.